The summed E-state index contributed by atoms with van der Waals surface area (Å²) >= 11 is 0. The van der Waals surface area contributed by atoms with Crippen molar-refractivity contribution in [3.05, 3.63) is 75.5 Å². The van der Waals surface area contributed by atoms with E-state index in [9.17, 15) is 23.3 Å². The number of aldehydes is 1. The number of carbonyl (C=O) groups excluding carboxylic acids is 1. The van der Waals surface area contributed by atoms with E-state index in [1.807, 2.05) is 13.8 Å². The normalized spacial score (nSPS) is 13.8. The Hall–Kier alpha value is -3.00. The predicted octanol–water partition coefficient (Wildman–Crippen LogP) is 4.47. The van der Waals surface area contributed by atoms with Gasteiger partial charge in [-0.2, -0.15) is 0 Å². The van der Waals surface area contributed by atoms with Gasteiger partial charge in [-0.3, -0.25) is 10.1 Å². The maximum atomic E-state index is 13.6. The van der Waals surface area contributed by atoms with E-state index in [0.717, 1.165) is 11.8 Å². The monoisotopic (exact) mass is 442 g/mol. The Kier molecular flexibility index (Phi) is 6.59. The molecule has 0 fully saturated rings. The quantitative estimate of drug-likeness (QED) is 0.277. The van der Waals surface area contributed by atoms with E-state index >= 15 is 0 Å². The van der Waals surface area contributed by atoms with Crippen molar-refractivity contribution < 1.29 is 18.1 Å². The van der Waals surface area contributed by atoms with Crippen molar-refractivity contribution in [2.24, 2.45) is 5.92 Å². The van der Waals surface area contributed by atoms with E-state index < -0.39 is 33.3 Å². The highest BCUT2D eigenvalue weighted by molar-refractivity contribution is 7.90. The van der Waals surface area contributed by atoms with Crippen LogP contribution in [0.4, 0.5) is 0 Å². The number of aryl methyl sites for hydroxylation is 1. The Morgan fingerprint density at radius 2 is 1.74 bits per heavy atom. The molecule has 2 unspecified atom stereocenters. The molecule has 0 aliphatic heterocycles. The molecule has 0 saturated heterocycles. The fourth-order valence-electron chi connectivity index (χ4n) is 4.26. The van der Waals surface area contributed by atoms with Crippen molar-refractivity contribution in [2.45, 2.75) is 44.4 Å². The van der Waals surface area contributed by atoms with E-state index in [4.69, 9.17) is 0 Å². The van der Waals surface area contributed by atoms with Crippen molar-refractivity contribution in [3.63, 3.8) is 0 Å². The van der Waals surface area contributed by atoms with Gasteiger partial charge in [0.1, 0.15) is 6.29 Å². The molecule has 0 aliphatic carbocycles. The molecule has 8 heteroatoms. The van der Waals surface area contributed by atoms with Gasteiger partial charge >= 0.3 is 0 Å². The van der Waals surface area contributed by atoms with Gasteiger partial charge in [0.15, 0.2) is 0 Å². The van der Waals surface area contributed by atoms with Crippen LogP contribution >= 0.6 is 0 Å². The first-order valence-electron chi connectivity index (χ1n) is 10.2. The summed E-state index contributed by atoms with van der Waals surface area (Å²) in [6, 6.07) is 13.5. The van der Waals surface area contributed by atoms with Crippen molar-refractivity contribution in [1.29, 1.82) is 0 Å². The second-order valence-electron chi connectivity index (χ2n) is 7.81. The summed E-state index contributed by atoms with van der Waals surface area (Å²) in [5.41, 5.74) is 2.34. The summed E-state index contributed by atoms with van der Waals surface area (Å²) in [6.45, 7) is 5.00. The van der Waals surface area contributed by atoms with Crippen LogP contribution < -0.4 is 0 Å². The fraction of sp³-hybridized carbons (Fsp3) is 0.348. The molecule has 2 atom stereocenters. The van der Waals surface area contributed by atoms with Crippen LogP contribution in [0.1, 0.15) is 42.5 Å². The van der Waals surface area contributed by atoms with Crippen LogP contribution in [0.15, 0.2) is 53.4 Å². The van der Waals surface area contributed by atoms with Gasteiger partial charge in [-0.05, 0) is 44.0 Å². The summed E-state index contributed by atoms with van der Waals surface area (Å²) in [6.07, 6.45) is 1.94. The highest BCUT2D eigenvalue weighted by Crippen LogP contribution is 2.38. The second-order valence-corrected chi connectivity index (χ2v) is 9.60. The highest BCUT2D eigenvalue weighted by Gasteiger charge is 2.34. The largest absolute Gasteiger partial charge is 0.303 e. The summed E-state index contributed by atoms with van der Waals surface area (Å²) in [7, 11) is -3.94. The first-order valence-corrected chi connectivity index (χ1v) is 11.7. The van der Waals surface area contributed by atoms with Crippen molar-refractivity contribution >= 4 is 27.2 Å². The minimum Gasteiger partial charge on any atom is -0.303 e. The zero-order valence-electron chi connectivity index (χ0n) is 17.8. The molecular weight excluding hydrogens is 416 g/mol. The van der Waals surface area contributed by atoms with Crippen LogP contribution in [0.3, 0.4) is 0 Å². The third kappa shape index (κ3) is 4.25. The maximum Gasteiger partial charge on any atom is 0.268 e. The van der Waals surface area contributed by atoms with Crippen molar-refractivity contribution in [2.75, 3.05) is 6.54 Å². The molecule has 0 bridgehead atoms. The molecular formula is C23H26N2O5S. The fourth-order valence-corrected chi connectivity index (χ4v) is 5.82. The standard InChI is InChI=1S/C23H26N2O5S/c1-4-7-18(15-26)21(14-24(27)28)23-17(3)25(22-9-6-5-8-20(22)23)31(29,30)19-12-10-16(2)11-13-19/h5-6,8-13,15,18,21H,4,7,14H2,1-3H3. The van der Waals surface area contributed by atoms with Gasteiger partial charge < -0.3 is 4.79 Å². The topological polar surface area (TPSA) is 99.3 Å². The van der Waals surface area contributed by atoms with Crippen LogP contribution in [-0.2, 0) is 14.8 Å². The number of benzene rings is 2. The SMILES string of the molecule is CCCC(C=O)C(C[N+](=O)[O-])c1c(C)n(S(=O)(=O)c2ccc(C)cc2)c2ccccc12. The molecule has 0 N–H and O–H groups in total. The minimum absolute atomic E-state index is 0.139. The molecule has 164 valence electrons. The molecule has 3 aromatic rings. The number of para-hydroxylation sites is 1. The van der Waals surface area contributed by atoms with E-state index in [-0.39, 0.29) is 4.90 Å². The number of aromatic nitrogens is 1. The number of hydrogen-bond acceptors (Lipinski definition) is 5. The average Bonchev–Trinajstić information content (AvgIpc) is 3.03. The van der Waals surface area contributed by atoms with Crippen molar-refractivity contribution in [3.8, 4) is 0 Å². The lowest BCUT2D eigenvalue weighted by Crippen LogP contribution is -2.24. The molecule has 0 amide bonds. The lowest BCUT2D eigenvalue weighted by Gasteiger charge is -2.20. The van der Waals surface area contributed by atoms with E-state index in [1.165, 1.54) is 3.97 Å². The van der Waals surface area contributed by atoms with Crippen LogP contribution in [0, 0.1) is 29.9 Å². The molecule has 0 radical (unpaired) electrons. The van der Waals surface area contributed by atoms with Crippen molar-refractivity contribution in [1.82, 2.24) is 3.97 Å². The Labute approximate surface area is 181 Å². The summed E-state index contributed by atoms with van der Waals surface area (Å²) in [5, 5.41) is 12.1. The summed E-state index contributed by atoms with van der Waals surface area (Å²) in [5.74, 6) is -1.29. The summed E-state index contributed by atoms with van der Waals surface area (Å²) in [4.78, 5) is 23.0. The van der Waals surface area contributed by atoms with Crippen LogP contribution in [0.5, 0.6) is 0 Å². The van der Waals surface area contributed by atoms with Gasteiger partial charge in [-0.25, -0.2) is 12.4 Å². The van der Waals surface area contributed by atoms with E-state index in [0.29, 0.717) is 35.0 Å². The Balaban J connectivity index is 2.32. The molecule has 3 rings (SSSR count). The number of nitro groups is 1. The average molecular weight is 443 g/mol. The molecule has 1 heterocycles. The Morgan fingerprint density at radius 3 is 2.32 bits per heavy atom. The molecule has 31 heavy (non-hydrogen) atoms. The lowest BCUT2D eigenvalue weighted by atomic mass is 9.83. The third-order valence-corrected chi connectivity index (χ3v) is 7.52. The predicted molar refractivity (Wildman–Crippen MR) is 120 cm³/mol. The molecule has 1 aromatic heterocycles. The zero-order valence-corrected chi connectivity index (χ0v) is 18.6. The lowest BCUT2D eigenvalue weighted by molar-refractivity contribution is -0.484. The first-order chi connectivity index (χ1) is 14.7. The Bertz CT molecular complexity index is 1210. The van der Waals surface area contributed by atoms with Gasteiger partial charge in [0.25, 0.3) is 10.0 Å². The van der Waals surface area contributed by atoms with Gasteiger partial charge in [-0.15, -0.1) is 0 Å². The van der Waals surface area contributed by atoms with Crippen LogP contribution in [0.25, 0.3) is 10.9 Å². The van der Waals surface area contributed by atoms with Crippen LogP contribution in [0.2, 0.25) is 0 Å². The second kappa shape index (κ2) is 9.01. The van der Waals surface area contributed by atoms with Gasteiger partial charge in [0.05, 0.1) is 16.3 Å². The smallest absolute Gasteiger partial charge is 0.268 e. The molecule has 0 saturated carbocycles. The zero-order chi connectivity index (χ0) is 22.8. The Morgan fingerprint density at radius 1 is 1.10 bits per heavy atom. The van der Waals surface area contributed by atoms with Gasteiger partial charge in [0, 0.05) is 21.9 Å². The molecule has 0 aliphatic rings. The first kappa shape index (κ1) is 22.7. The number of rotatable bonds is 9. The molecule has 7 nitrogen and oxygen atoms in total. The van der Waals surface area contributed by atoms with E-state index in [2.05, 4.69) is 0 Å². The number of hydrogen-bond donors (Lipinski definition) is 0. The maximum absolute atomic E-state index is 13.6. The van der Waals surface area contributed by atoms with E-state index in [1.54, 1.807) is 55.5 Å². The third-order valence-electron chi connectivity index (χ3n) is 5.70. The highest BCUT2D eigenvalue weighted by atomic mass is 32.2. The molecule has 0 spiro atoms. The minimum atomic E-state index is -3.94. The number of carbonyl (C=O) groups is 1. The number of nitrogens with zero attached hydrogens (tertiary/aromatic N) is 2. The van der Waals surface area contributed by atoms with Gasteiger partial charge in [-0.1, -0.05) is 49.2 Å². The summed E-state index contributed by atoms with van der Waals surface area (Å²) < 4.78 is 28.4. The number of fused-ring (bicyclic) bond motifs is 1. The van der Waals surface area contributed by atoms with Crippen LogP contribution in [-0.4, -0.2) is 30.1 Å². The molecule has 2 aromatic carbocycles. The van der Waals surface area contributed by atoms with Gasteiger partial charge in [0.2, 0.25) is 6.54 Å².